The average molecular weight is 220 g/mol. The first kappa shape index (κ1) is 10.8. The van der Waals surface area contributed by atoms with Crippen molar-refractivity contribution in [3.05, 3.63) is 23.8 Å². The fourth-order valence-electron chi connectivity index (χ4n) is 1.78. The van der Waals surface area contributed by atoms with Gasteiger partial charge in [-0.1, -0.05) is 6.92 Å². The van der Waals surface area contributed by atoms with E-state index in [2.05, 4.69) is 12.2 Å². The molecule has 4 heteroatoms. The predicted molar refractivity (Wildman–Crippen MR) is 63.6 cm³/mol. The standard InChI is InChI=1S/C12H16N2O2/c1-7-4-8(7)6-14-9-2-3-11(13)10(5-9)12(15)16/h2-3,5,7-8,14H,4,6,13H2,1H3,(H,15,16). The summed E-state index contributed by atoms with van der Waals surface area (Å²) >= 11 is 0. The maximum atomic E-state index is 10.9. The van der Waals surface area contributed by atoms with Gasteiger partial charge in [0.25, 0.3) is 0 Å². The van der Waals surface area contributed by atoms with Gasteiger partial charge in [-0.15, -0.1) is 0 Å². The molecule has 1 saturated carbocycles. The summed E-state index contributed by atoms with van der Waals surface area (Å²) in [5.74, 6) is 0.534. The molecule has 0 aromatic heterocycles. The number of hydrogen-bond donors (Lipinski definition) is 3. The average Bonchev–Trinajstić information content (AvgIpc) is 2.93. The van der Waals surface area contributed by atoms with Gasteiger partial charge in [0.05, 0.1) is 5.56 Å². The van der Waals surface area contributed by atoms with Crippen molar-refractivity contribution in [2.45, 2.75) is 13.3 Å². The van der Waals surface area contributed by atoms with Crippen LogP contribution in [0.3, 0.4) is 0 Å². The second-order valence-electron chi connectivity index (χ2n) is 4.46. The van der Waals surface area contributed by atoms with Gasteiger partial charge in [0.15, 0.2) is 0 Å². The second-order valence-corrected chi connectivity index (χ2v) is 4.46. The van der Waals surface area contributed by atoms with Crippen molar-refractivity contribution in [2.24, 2.45) is 11.8 Å². The fourth-order valence-corrected chi connectivity index (χ4v) is 1.78. The lowest BCUT2D eigenvalue weighted by Gasteiger charge is -2.08. The van der Waals surface area contributed by atoms with Gasteiger partial charge in [0.1, 0.15) is 0 Å². The smallest absolute Gasteiger partial charge is 0.337 e. The second kappa shape index (κ2) is 4.04. The Hall–Kier alpha value is -1.71. The number of benzene rings is 1. The number of anilines is 2. The maximum Gasteiger partial charge on any atom is 0.337 e. The third kappa shape index (κ3) is 2.27. The Bertz CT molecular complexity index is 417. The van der Waals surface area contributed by atoms with Crippen molar-refractivity contribution >= 4 is 17.3 Å². The molecule has 2 rings (SSSR count). The van der Waals surface area contributed by atoms with Crippen LogP contribution in [0, 0.1) is 11.8 Å². The molecule has 4 N–H and O–H groups in total. The normalized spacial score (nSPS) is 22.8. The van der Waals surface area contributed by atoms with Crippen LogP contribution in [0.4, 0.5) is 11.4 Å². The summed E-state index contributed by atoms with van der Waals surface area (Å²) in [6.45, 7) is 3.13. The van der Waals surface area contributed by atoms with Gasteiger partial charge >= 0.3 is 5.97 Å². The molecule has 0 bridgehead atoms. The van der Waals surface area contributed by atoms with Crippen LogP contribution in [0.25, 0.3) is 0 Å². The molecule has 1 aromatic carbocycles. The fraction of sp³-hybridized carbons (Fsp3) is 0.417. The predicted octanol–water partition coefficient (Wildman–Crippen LogP) is 2.03. The summed E-state index contributed by atoms with van der Waals surface area (Å²) in [7, 11) is 0. The highest BCUT2D eigenvalue weighted by molar-refractivity contribution is 5.94. The van der Waals surface area contributed by atoms with E-state index >= 15 is 0 Å². The Morgan fingerprint density at radius 2 is 2.31 bits per heavy atom. The summed E-state index contributed by atoms with van der Waals surface area (Å²) in [6, 6.07) is 5.03. The van der Waals surface area contributed by atoms with E-state index in [0.717, 1.165) is 24.1 Å². The molecule has 86 valence electrons. The van der Waals surface area contributed by atoms with Gasteiger partial charge in [-0.05, 0) is 36.5 Å². The Kier molecular flexibility index (Phi) is 2.73. The molecule has 2 atom stereocenters. The molecule has 0 saturated heterocycles. The van der Waals surface area contributed by atoms with Crippen LogP contribution in [0.5, 0.6) is 0 Å². The topological polar surface area (TPSA) is 75.3 Å². The molecular formula is C12H16N2O2. The lowest BCUT2D eigenvalue weighted by atomic mass is 10.1. The largest absolute Gasteiger partial charge is 0.478 e. The Morgan fingerprint density at radius 1 is 1.62 bits per heavy atom. The number of carbonyl (C=O) groups is 1. The number of nitrogens with one attached hydrogen (secondary N) is 1. The van der Waals surface area contributed by atoms with E-state index in [1.807, 2.05) is 6.07 Å². The van der Waals surface area contributed by atoms with E-state index in [-0.39, 0.29) is 5.56 Å². The summed E-state index contributed by atoms with van der Waals surface area (Å²) in [4.78, 5) is 10.9. The number of hydrogen-bond acceptors (Lipinski definition) is 3. The minimum Gasteiger partial charge on any atom is -0.478 e. The third-order valence-electron chi connectivity index (χ3n) is 3.13. The molecule has 4 nitrogen and oxygen atoms in total. The lowest BCUT2D eigenvalue weighted by molar-refractivity contribution is 0.0698. The van der Waals surface area contributed by atoms with Gasteiger partial charge in [-0.3, -0.25) is 0 Å². The molecule has 0 spiro atoms. The Labute approximate surface area is 94.5 Å². The Balaban J connectivity index is 2.04. The van der Waals surface area contributed by atoms with Crippen molar-refractivity contribution in [3.63, 3.8) is 0 Å². The van der Waals surface area contributed by atoms with Gasteiger partial charge < -0.3 is 16.2 Å². The van der Waals surface area contributed by atoms with Gasteiger partial charge in [0, 0.05) is 17.9 Å². The number of carboxylic acids is 1. The molecule has 0 aliphatic heterocycles. The molecule has 16 heavy (non-hydrogen) atoms. The number of carboxylic acid groups (broad SMARTS) is 1. The quantitative estimate of drug-likeness (QED) is 0.679. The van der Waals surface area contributed by atoms with Crippen molar-refractivity contribution in [1.29, 1.82) is 0 Å². The molecule has 0 amide bonds. The highest BCUT2D eigenvalue weighted by Gasteiger charge is 2.31. The van der Waals surface area contributed by atoms with E-state index < -0.39 is 5.97 Å². The minimum absolute atomic E-state index is 0.161. The minimum atomic E-state index is -0.985. The van der Waals surface area contributed by atoms with E-state index in [0.29, 0.717) is 5.69 Å². The van der Waals surface area contributed by atoms with Crippen LogP contribution in [-0.2, 0) is 0 Å². The van der Waals surface area contributed by atoms with Crippen LogP contribution in [-0.4, -0.2) is 17.6 Å². The molecular weight excluding hydrogens is 204 g/mol. The van der Waals surface area contributed by atoms with Crippen molar-refractivity contribution in [1.82, 2.24) is 0 Å². The van der Waals surface area contributed by atoms with E-state index in [4.69, 9.17) is 10.8 Å². The summed E-state index contributed by atoms with van der Waals surface area (Å²) in [5, 5.41) is 12.2. The number of nitrogen functional groups attached to an aromatic ring is 1. The molecule has 0 radical (unpaired) electrons. The van der Waals surface area contributed by atoms with Crippen LogP contribution in [0.1, 0.15) is 23.7 Å². The number of nitrogens with two attached hydrogens (primary N) is 1. The van der Waals surface area contributed by atoms with Crippen molar-refractivity contribution in [2.75, 3.05) is 17.6 Å². The third-order valence-corrected chi connectivity index (χ3v) is 3.13. The van der Waals surface area contributed by atoms with Crippen LogP contribution in [0.15, 0.2) is 18.2 Å². The highest BCUT2D eigenvalue weighted by atomic mass is 16.4. The van der Waals surface area contributed by atoms with Crippen LogP contribution in [0.2, 0.25) is 0 Å². The monoisotopic (exact) mass is 220 g/mol. The first-order chi connectivity index (χ1) is 7.58. The zero-order chi connectivity index (χ0) is 11.7. The molecule has 2 unspecified atom stereocenters. The lowest BCUT2D eigenvalue weighted by Crippen LogP contribution is -2.07. The van der Waals surface area contributed by atoms with Gasteiger partial charge in [-0.2, -0.15) is 0 Å². The zero-order valence-corrected chi connectivity index (χ0v) is 9.23. The molecule has 1 aliphatic rings. The molecule has 1 fully saturated rings. The first-order valence-electron chi connectivity index (χ1n) is 5.44. The van der Waals surface area contributed by atoms with Gasteiger partial charge in [-0.25, -0.2) is 4.79 Å². The first-order valence-corrected chi connectivity index (χ1v) is 5.44. The van der Waals surface area contributed by atoms with E-state index in [1.165, 1.54) is 6.42 Å². The maximum absolute atomic E-state index is 10.9. The Morgan fingerprint density at radius 3 is 2.88 bits per heavy atom. The highest BCUT2D eigenvalue weighted by Crippen LogP contribution is 2.37. The number of aromatic carboxylic acids is 1. The van der Waals surface area contributed by atoms with E-state index in [1.54, 1.807) is 12.1 Å². The summed E-state index contributed by atoms with van der Waals surface area (Å²) in [6.07, 6.45) is 1.26. The molecule has 0 heterocycles. The van der Waals surface area contributed by atoms with E-state index in [9.17, 15) is 4.79 Å². The molecule has 1 aliphatic carbocycles. The summed E-state index contributed by atoms with van der Waals surface area (Å²) < 4.78 is 0. The summed E-state index contributed by atoms with van der Waals surface area (Å²) in [5.41, 5.74) is 6.86. The zero-order valence-electron chi connectivity index (χ0n) is 9.23. The van der Waals surface area contributed by atoms with Crippen molar-refractivity contribution < 1.29 is 9.90 Å². The van der Waals surface area contributed by atoms with Gasteiger partial charge in [0.2, 0.25) is 0 Å². The van der Waals surface area contributed by atoms with Crippen molar-refractivity contribution in [3.8, 4) is 0 Å². The van der Waals surface area contributed by atoms with Crippen LogP contribution >= 0.6 is 0 Å². The SMILES string of the molecule is CC1CC1CNc1ccc(N)c(C(=O)O)c1. The molecule has 1 aromatic rings. The number of rotatable bonds is 4. The van der Waals surface area contributed by atoms with Crippen LogP contribution < -0.4 is 11.1 Å².